The molecule has 2 aliphatic heterocycles. The fraction of sp³-hybridized carbons (Fsp3) is 0.441. The van der Waals surface area contributed by atoms with Crippen LogP contribution >= 0.6 is 0 Å². The van der Waals surface area contributed by atoms with Crippen LogP contribution in [0.3, 0.4) is 0 Å². The van der Waals surface area contributed by atoms with Crippen LogP contribution in [-0.4, -0.2) is 43.6 Å². The van der Waals surface area contributed by atoms with Gasteiger partial charge in [-0.05, 0) is 93.1 Å². The Morgan fingerprint density at radius 1 is 0.763 bits per heavy atom. The van der Waals surface area contributed by atoms with Gasteiger partial charge in [0.15, 0.2) is 0 Å². The molecule has 0 unspecified atom stereocenters. The Morgan fingerprint density at radius 2 is 1.50 bits per heavy atom. The van der Waals surface area contributed by atoms with Crippen molar-refractivity contribution in [1.82, 2.24) is 4.90 Å². The second-order valence-electron chi connectivity index (χ2n) is 11.0. The van der Waals surface area contributed by atoms with Crippen molar-refractivity contribution in [1.29, 1.82) is 0 Å². The lowest BCUT2D eigenvalue weighted by Crippen LogP contribution is -2.36. The molecule has 0 N–H and O–H groups in total. The molecule has 0 aliphatic carbocycles. The number of fused-ring (bicyclic) bond motifs is 1. The minimum atomic E-state index is 0.241. The van der Waals surface area contributed by atoms with Gasteiger partial charge < -0.3 is 14.5 Å². The molecular weight excluding hydrogens is 468 g/mol. The molecule has 0 bridgehead atoms. The molecule has 2 aliphatic rings. The van der Waals surface area contributed by atoms with E-state index >= 15 is 0 Å². The number of anilines is 1. The maximum atomic E-state index is 12.8. The van der Waals surface area contributed by atoms with Gasteiger partial charge in [-0.25, -0.2) is 0 Å². The number of piperidine rings is 1. The maximum Gasteiger partial charge on any atom is 0.227 e. The molecule has 0 atom stereocenters. The van der Waals surface area contributed by atoms with E-state index < -0.39 is 0 Å². The van der Waals surface area contributed by atoms with Crippen molar-refractivity contribution in [3.05, 3.63) is 95.6 Å². The Hall–Kier alpha value is -3.11. The van der Waals surface area contributed by atoms with E-state index in [2.05, 4.69) is 83.8 Å². The van der Waals surface area contributed by atoms with Gasteiger partial charge in [-0.3, -0.25) is 4.79 Å². The molecule has 3 aromatic rings. The number of nitrogens with zero attached hydrogens (tertiary/aromatic N) is 2. The summed E-state index contributed by atoms with van der Waals surface area (Å²) in [6.45, 7) is 4.97. The molecule has 38 heavy (non-hydrogen) atoms. The van der Waals surface area contributed by atoms with E-state index in [0.29, 0.717) is 13.0 Å². The third kappa shape index (κ3) is 7.48. The van der Waals surface area contributed by atoms with Crippen LogP contribution in [0, 0.1) is 5.92 Å². The van der Waals surface area contributed by atoms with Gasteiger partial charge in [-0.15, -0.1) is 0 Å². The maximum absolute atomic E-state index is 12.8. The first-order valence-corrected chi connectivity index (χ1v) is 14.6. The highest BCUT2D eigenvalue weighted by Crippen LogP contribution is 2.32. The van der Waals surface area contributed by atoms with Crippen LogP contribution in [0.4, 0.5) is 5.69 Å². The zero-order valence-electron chi connectivity index (χ0n) is 22.7. The van der Waals surface area contributed by atoms with Gasteiger partial charge in [0.1, 0.15) is 5.75 Å². The monoisotopic (exact) mass is 510 g/mol. The second-order valence-corrected chi connectivity index (χ2v) is 11.0. The predicted molar refractivity (Wildman–Crippen MR) is 156 cm³/mol. The lowest BCUT2D eigenvalue weighted by Gasteiger charge is -2.32. The number of unbranched alkanes of at least 4 members (excludes halogenated alkanes) is 1. The number of hydrogen-bond donors (Lipinski definition) is 0. The number of likely N-dealkylation sites (tertiary alicyclic amines) is 1. The van der Waals surface area contributed by atoms with E-state index in [0.717, 1.165) is 62.5 Å². The Kier molecular flexibility index (Phi) is 9.49. The number of benzene rings is 3. The second kappa shape index (κ2) is 13.6. The molecule has 2 heterocycles. The van der Waals surface area contributed by atoms with Gasteiger partial charge >= 0.3 is 0 Å². The fourth-order valence-corrected chi connectivity index (χ4v) is 5.94. The molecule has 1 amide bonds. The third-order valence-electron chi connectivity index (χ3n) is 8.16. The van der Waals surface area contributed by atoms with E-state index in [-0.39, 0.29) is 5.91 Å². The number of ether oxygens (including phenoxy) is 1. The number of rotatable bonds is 12. The Morgan fingerprint density at radius 3 is 2.26 bits per heavy atom. The Labute approximate surface area is 228 Å². The molecule has 3 aromatic carbocycles. The van der Waals surface area contributed by atoms with Crippen molar-refractivity contribution < 1.29 is 9.53 Å². The minimum Gasteiger partial charge on any atom is -0.493 e. The molecule has 1 saturated heterocycles. The number of carbonyl (C=O) groups excluding carboxylic acids is 1. The van der Waals surface area contributed by atoms with Crippen molar-refractivity contribution in [2.45, 2.75) is 57.8 Å². The predicted octanol–water partition coefficient (Wildman–Crippen LogP) is 6.71. The summed E-state index contributed by atoms with van der Waals surface area (Å²) in [5.74, 6) is 1.93. The molecule has 0 saturated carbocycles. The molecule has 5 rings (SSSR count). The van der Waals surface area contributed by atoms with Gasteiger partial charge in [-0.1, -0.05) is 66.7 Å². The molecule has 200 valence electrons. The highest BCUT2D eigenvalue weighted by molar-refractivity contribution is 5.96. The number of carbonyl (C=O) groups is 1. The molecule has 0 aromatic heterocycles. The molecule has 0 radical (unpaired) electrons. The van der Waals surface area contributed by atoms with Crippen LogP contribution in [0.15, 0.2) is 78.9 Å². The SMILES string of the molecule is O=C1CCc2ccc(OCCCN3CCC(Cc4ccccc4)CC3)cc2N1CCCCc1ccccc1. The van der Waals surface area contributed by atoms with Crippen LogP contribution in [0.2, 0.25) is 0 Å². The highest BCUT2D eigenvalue weighted by Gasteiger charge is 2.24. The molecular formula is C34H42N2O2. The van der Waals surface area contributed by atoms with E-state index in [4.69, 9.17) is 4.74 Å². The number of aryl methyl sites for hydroxylation is 2. The van der Waals surface area contributed by atoms with Crippen LogP contribution in [-0.2, 0) is 24.1 Å². The summed E-state index contributed by atoms with van der Waals surface area (Å²) in [6, 6.07) is 27.8. The average molecular weight is 511 g/mol. The average Bonchev–Trinajstić information content (AvgIpc) is 2.96. The van der Waals surface area contributed by atoms with E-state index in [1.54, 1.807) is 0 Å². The van der Waals surface area contributed by atoms with Gasteiger partial charge in [0.25, 0.3) is 0 Å². The van der Waals surface area contributed by atoms with Crippen molar-refractivity contribution in [2.75, 3.05) is 37.7 Å². The van der Waals surface area contributed by atoms with Gasteiger partial charge in [0.05, 0.1) is 12.3 Å². The first-order chi connectivity index (χ1) is 18.7. The third-order valence-corrected chi connectivity index (χ3v) is 8.16. The summed E-state index contributed by atoms with van der Waals surface area (Å²) in [5, 5.41) is 0. The zero-order chi connectivity index (χ0) is 26.0. The molecule has 0 spiro atoms. The summed E-state index contributed by atoms with van der Waals surface area (Å²) in [4.78, 5) is 17.4. The first-order valence-electron chi connectivity index (χ1n) is 14.6. The lowest BCUT2D eigenvalue weighted by molar-refractivity contribution is -0.118. The molecule has 4 heteroatoms. The van der Waals surface area contributed by atoms with E-state index in [1.165, 1.54) is 49.0 Å². The van der Waals surface area contributed by atoms with Crippen molar-refractivity contribution >= 4 is 11.6 Å². The zero-order valence-corrected chi connectivity index (χ0v) is 22.7. The van der Waals surface area contributed by atoms with Crippen LogP contribution in [0.25, 0.3) is 0 Å². The summed E-state index contributed by atoms with van der Waals surface area (Å²) in [6.07, 6.45) is 9.40. The van der Waals surface area contributed by atoms with E-state index in [1.807, 2.05) is 4.90 Å². The Bertz CT molecular complexity index is 1140. The normalized spacial score (nSPS) is 16.4. The fourth-order valence-electron chi connectivity index (χ4n) is 5.94. The van der Waals surface area contributed by atoms with E-state index in [9.17, 15) is 4.79 Å². The van der Waals surface area contributed by atoms with Crippen LogP contribution < -0.4 is 9.64 Å². The lowest BCUT2D eigenvalue weighted by atomic mass is 9.90. The largest absolute Gasteiger partial charge is 0.493 e. The van der Waals surface area contributed by atoms with Crippen molar-refractivity contribution in [3.8, 4) is 5.75 Å². The molecule has 1 fully saturated rings. The summed E-state index contributed by atoms with van der Waals surface area (Å²) in [5.41, 5.74) is 5.15. The highest BCUT2D eigenvalue weighted by atomic mass is 16.5. The first kappa shape index (κ1) is 26.5. The summed E-state index contributed by atoms with van der Waals surface area (Å²) in [7, 11) is 0. The quantitative estimate of drug-likeness (QED) is 0.254. The van der Waals surface area contributed by atoms with Crippen molar-refractivity contribution in [2.24, 2.45) is 5.92 Å². The topological polar surface area (TPSA) is 32.8 Å². The number of amides is 1. The smallest absolute Gasteiger partial charge is 0.227 e. The van der Waals surface area contributed by atoms with Crippen molar-refractivity contribution in [3.63, 3.8) is 0 Å². The van der Waals surface area contributed by atoms with Crippen LogP contribution in [0.1, 0.15) is 55.2 Å². The molecule has 4 nitrogen and oxygen atoms in total. The Balaban J connectivity index is 1.04. The summed E-state index contributed by atoms with van der Waals surface area (Å²) < 4.78 is 6.17. The van der Waals surface area contributed by atoms with Gasteiger partial charge in [0.2, 0.25) is 5.91 Å². The summed E-state index contributed by atoms with van der Waals surface area (Å²) >= 11 is 0. The van der Waals surface area contributed by atoms with Gasteiger partial charge in [-0.2, -0.15) is 0 Å². The van der Waals surface area contributed by atoms with Crippen LogP contribution in [0.5, 0.6) is 5.75 Å². The minimum absolute atomic E-state index is 0.241. The van der Waals surface area contributed by atoms with Gasteiger partial charge in [0, 0.05) is 25.6 Å². The number of hydrogen-bond acceptors (Lipinski definition) is 3. The standard InChI is InChI=1S/C34H42N2O2/c37-34-18-16-31-15-17-32(27-33(31)36(34)22-8-7-12-28-10-3-1-4-11-28)38-25-9-21-35-23-19-30(20-24-35)26-29-13-5-2-6-14-29/h1-6,10-11,13-15,17,27,30H,7-9,12,16,18-26H2.